The van der Waals surface area contributed by atoms with Gasteiger partial charge >= 0.3 is 0 Å². The Hall–Kier alpha value is -7.37. The number of aromatic nitrogens is 6. The number of phenolic OH excluding ortho intramolecular Hbond substituents is 4. The van der Waals surface area contributed by atoms with E-state index in [4.69, 9.17) is 0 Å². The number of hydrogen-bond acceptors (Lipinski definition) is 14. The van der Waals surface area contributed by atoms with Gasteiger partial charge in [0.05, 0.1) is 11.4 Å². The van der Waals surface area contributed by atoms with Gasteiger partial charge in [-0.1, -0.05) is 24.3 Å². The summed E-state index contributed by atoms with van der Waals surface area (Å²) in [5.41, 5.74) is 7.33. The van der Waals surface area contributed by atoms with Crippen molar-refractivity contribution in [3.05, 3.63) is 121 Å². The first-order valence-corrected chi connectivity index (χ1v) is 19.5. The predicted octanol–water partition coefficient (Wildman–Crippen LogP) is 10.2. The van der Waals surface area contributed by atoms with Gasteiger partial charge in [0.15, 0.2) is 0 Å². The Morgan fingerprint density at radius 1 is 0.410 bits per heavy atom. The molecule has 2 aromatic heterocycles. The second-order valence-corrected chi connectivity index (χ2v) is 13.4. The molecule has 6 aromatic carbocycles. The van der Waals surface area contributed by atoms with Gasteiger partial charge < -0.3 is 30.2 Å². The van der Waals surface area contributed by atoms with Gasteiger partial charge in [0.25, 0.3) is 0 Å². The molecule has 313 valence electrons. The zero-order valence-electron chi connectivity index (χ0n) is 33.9. The van der Waals surface area contributed by atoms with Gasteiger partial charge in [-0.05, 0) is 113 Å². The third-order valence-corrected chi connectivity index (χ3v) is 9.66. The first-order valence-electron chi connectivity index (χ1n) is 19.5. The summed E-state index contributed by atoms with van der Waals surface area (Å²) in [5, 5.41) is 75.2. The first-order chi connectivity index (χ1) is 29.2. The van der Waals surface area contributed by atoms with E-state index >= 15 is 0 Å². The first kappa shape index (κ1) is 43.2. The summed E-state index contributed by atoms with van der Waals surface area (Å²) in [6.07, 6.45) is 0. The minimum atomic E-state index is -0.0292. The normalized spacial score (nSPS) is 11.2. The van der Waals surface area contributed by atoms with Crippen LogP contribution in [0.1, 0.15) is 27.7 Å². The third kappa shape index (κ3) is 9.92. The van der Waals surface area contributed by atoms with Gasteiger partial charge in [-0.2, -0.15) is 9.59 Å². The van der Waals surface area contributed by atoms with Crippen molar-refractivity contribution >= 4 is 56.2 Å². The molecule has 0 saturated carbocycles. The number of aromatic hydroxyl groups is 4. The molecule has 16 nitrogen and oxygen atoms in total. The largest absolute Gasteiger partial charge is 0.506 e. The van der Waals surface area contributed by atoms with E-state index in [9.17, 15) is 20.4 Å². The van der Waals surface area contributed by atoms with Crippen LogP contribution >= 0.6 is 0 Å². The summed E-state index contributed by atoms with van der Waals surface area (Å²) >= 11 is 0. The summed E-state index contributed by atoms with van der Waals surface area (Å²) in [5.74, 6) is -0.00509. The molecule has 0 aliphatic rings. The number of rotatable bonds is 12. The van der Waals surface area contributed by atoms with Crippen LogP contribution in [0.5, 0.6) is 23.0 Å². The maximum atomic E-state index is 10.3. The Labute approximate surface area is 362 Å². The maximum absolute atomic E-state index is 10.3. The Balaban J connectivity index is 0.000000201. The van der Waals surface area contributed by atoms with Crippen LogP contribution in [0, 0.1) is 0 Å². The van der Waals surface area contributed by atoms with E-state index in [2.05, 4.69) is 78.3 Å². The molecule has 2 heterocycles. The number of nitrogens with zero attached hydrogens (tertiary/aromatic N) is 12. The van der Waals surface area contributed by atoms with Crippen LogP contribution in [0.15, 0.2) is 142 Å². The molecule has 17 heteroatoms. The average Bonchev–Trinajstić information content (AvgIpc) is 3.91. The Bertz CT molecular complexity index is 2560. The minimum Gasteiger partial charge on any atom is -0.506 e. The zero-order chi connectivity index (χ0) is 42.2. The van der Waals surface area contributed by atoms with E-state index < -0.39 is 0 Å². The SMILES string of the molecule is CCN(CC)c1ccc(N=Nc2cc(-n3nc4ccccc4n3)ccc2O)c(O)c1.CCN(CC)c1ccc(N=Nc2cc(-n3nc4ccccc4n3)ccc2O)c(O)c1.[Co]. The van der Waals surface area contributed by atoms with E-state index in [-0.39, 0.29) is 51.2 Å². The van der Waals surface area contributed by atoms with Crippen LogP contribution in [-0.2, 0) is 16.8 Å². The van der Waals surface area contributed by atoms with Crippen molar-refractivity contribution in [3.63, 3.8) is 0 Å². The Kier molecular flexibility index (Phi) is 13.9. The summed E-state index contributed by atoms with van der Waals surface area (Å²) in [6.45, 7) is 11.6. The molecule has 8 aromatic rings. The van der Waals surface area contributed by atoms with Crippen molar-refractivity contribution in [2.45, 2.75) is 27.7 Å². The molecule has 1 radical (unpaired) electrons. The second kappa shape index (κ2) is 19.6. The molecule has 0 spiro atoms. The summed E-state index contributed by atoms with van der Waals surface area (Å²) in [7, 11) is 0. The standard InChI is InChI=1S/2C22H22N6O2.Co/c2*1-3-27(4-2)15-9-11-19(22(30)14-15)23-24-20-13-16(10-12-21(20)29)28-25-17-7-5-6-8-18(17)26-28;/h2*5-14,29-30H,3-4H2,1-2H3;. The molecule has 0 bridgehead atoms. The fourth-order valence-electron chi connectivity index (χ4n) is 6.36. The minimum absolute atomic E-state index is 0. The fourth-order valence-corrected chi connectivity index (χ4v) is 6.36. The van der Waals surface area contributed by atoms with Crippen molar-refractivity contribution in [2.24, 2.45) is 20.5 Å². The topological polar surface area (TPSA) is 198 Å². The van der Waals surface area contributed by atoms with Gasteiger partial charge in [-0.25, -0.2) is 0 Å². The van der Waals surface area contributed by atoms with Gasteiger partial charge in [0.2, 0.25) is 0 Å². The van der Waals surface area contributed by atoms with Crippen LogP contribution in [0.4, 0.5) is 34.1 Å². The fraction of sp³-hybridized carbons (Fsp3) is 0.182. The van der Waals surface area contributed by atoms with E-state index in [0.29, 0.717) is 22.7 Å². The molecular weight excluding hydrogens is 819 g/mol. The molecular formula is C44H44CoN12O4. The number of benzene rings is 6. The summed E-state index contributed by atoms with van der Waals surface area (Å²) in [6, 6.07) is 35.3. The number of phenols is 4. The van der Waals surface area contributed by atoms with Crippen molar-refractivity contribution in [1.82, 2.24) is 30.0 Å². The van der Waals surface area contributed by atoms with Crippen molar-refractivity contribution in [1.29, 1.82) is 0 Å². The molecule has 0 amide bonds. The predicted molar refractivity (Wildman–Crippen MR) is 233 cm³/mol. The van der Waals surface area contributed by atoms with E-state index in [1.54, 1.807) is 48.5 Å². The molecule has 0 unspecified atom stereocenters. The molecule has 8 rings (SSSR count). The second-order valence-electron chi connectivity index (χ2n) is 13.4. The van der Waals surface area contributed by atoms with Crippen molar-refractivity contribution < 1.29 is 37.2 Å². The van der Waals surface area contributed by atoms with Gasteiger partial charge in [-0.3, -0.25) is 0 Å². The molecule has 4 N–H and O–H groups in total. The number of fused-ring (bicyclic) bond motifs is 2. The summed E-state index contributed by atoms with van der Waals surface area (Å²) < 4.78 is 0. The molecule has 0 aliphatic heterocycles. The maximum Gasteiger partial charge on any atom is 0.145 e. The number of azo groups is 2. The third-order valence-electron chi connectivity index (χ3n) is 9.66. The van der Waals surface area contributed by atoms with Crippen LogP contribution in [0.3, 0.4) is 0 Å². The number of hydrogen-bond donors (Lipinski definition) is 4. The molecule has 0 fully saturated rings. The van der Waals surface area contributed by atoms with Crippen LogP contribution in [-0.4, -0.2) is 76.6 Å². The van der Waals surface area contributed by atoms with E-state index in [1.807, 2.05) is 60.7 Å². The van der Waals surface area contributed by atoms with E-state index in [1.165, 1.54) is 21.7 Å². The van der Waals surface area contributed by atoms with E-state index in [0.717, 1.165) is 59.6 Å². The monoisotopic (exact) mass is 863 g/mol. The van der Waals surface area contributed by atoms with Crippen molar-refractivity contribution in [3.8, 4) is 34.4 Å². The van der Waals surface area contributed by atoms with Gasteiger partial charge in [0.1, 0.15) is 67.8 Å². The van der Waals surface area contributed by atoms with Gasteiger partial charge in [-0.15, -0.1) is 40.9 Å². The zero-order valence-corrected chi connectivity index (χ0v) is 34.9. The average molecular weight is 864 g/mol. The summed E-state index contributed by atoms with van der Waals surface area (Å²) in [4.78, 5) is 7.22. The molecule has 0 aliphatic carbocycles. The molecule has 0 atom stereocenters. The smallest absolute Gasteiger partial charge is 0.145 e. The van der Waals surface area contributed by atoms with Crippen LogP contribution in [0.2, 0.25) is 0 Å². The van der Waals surface area contributed by atoms with Crippen LogP contribution < -0.4 is 9.80 Å². The van der Waals surface area contributed by atoms with Crippen LogP contribution in [0.25, 0.3) is 33.4 Å². The molecule has 61 heavy (non-hydrogen) atoms. The molecule has 0 saturated heterocycles. The Morgan fingerprint density at radius 3 is 1.05 bits per heavy atom. The quantitative estimate of drug-likeness (QED) is 0.0857. The van der Waals surface area contributed by atoms with Crippen molar-refractivity contribution in [2.75, 3.05) is 36.0 Å². The van der Waals surface area contributed by atoms with Gasteiger partial charge in [0, 0.05) is 66.5 Å². The number of anilines is 2. The Morgan fingerprint density at radius 2 is 0.738 bits per heavy atom.